The molecule has 24 heavy (non-hydrogen) atoms. The molecule has 3 aromatic rings. The Bertz CT molecular complexity index is 848. The van der Waals surface area contributed by atoms with Crippen LogP contribution in [0.2, 0.25) is 0 Å². The molecule has 0 fully saturated rings. The molecule has 2 aromatic heterocycles. The standard InChI is InChI=1S/C16H14F2N4OS/c17-14(18)16-21-20-15(23-16)12-8-19-13(24-12)9-22-7-3-5-10-4-1-2-6-11(10)22/h1-2,4,6,8,14H,3,5,7,9H2. The minimum atomic E-state index is -2.76. The Morgan fingerprint density at radius 2 is 2.12 bits per heavy atom. The van der Waals surface area contributed by atoms with Crippen molar-refractivity contribution in [1.82, 2.24) is 15.2 Å². The number of anilines is 1. The van der Waals surface area contributed by atoms with Crippen LogP contribution in [-0.4, -0.2) is 21.7 Å². The van der Waals surface area contributed by atoms with Crippen molar-refractivity contribution in [2.45, 2.75) is 25.8 Å². The van der Waals surface area contributed by atoms with Crippen molar-refractivity contribution >= 4 is 17.0 Å². The second kappa shape index (κ2) is 6.27. The number of alkyl halides is 2. The van der Waals surface area contributed by atoms with Crippen LogP contribution in [0.25, 0.3) is 10.8 Å². The number of rotatable bonds is 4. The number of halogens is 2. The molecule has 3 heterocycles. The third kappa shape index (κ3) is 2.89. The van der Waals surface area contributed by atoms with E-state index in [1.165, 1.54) is 22.6 Å². The molecule has 0 N–H and O–H groups in total. The minimum Gasteiger partial charge on any atom is -0.414 e. The number of thiazole rings is 1. The maximum absolute atomic E-state index is 12.5. The van der Waals surface area contributed by atoms with Gasteiger partial charge in [-0.15, -0.1) is 21.5 Å². The van der Waals surface area contributed by atoms with Gasteiger partial charge in [-0.25, -0.2) is 4.98 Å². The van der Waals surface area contributed by atoms with E-state index in [0.717, 1.165) is 24.4 Å². The van der Waals surface area contributed by atoms with Crippen LogP contribution in [0.15, 0.2) is 34.9 Å². The average Bonchev–Trinajstić information content (AvgIpc) is 3.24. The highest BCUT2D eigenvalue weighted by Gasteiger charge is 2.20. The van der Waals surface area contributed by atoms with Crippen molar-refractivity contribution in [2.24, 2.45) is 0 Å². The van der Waals surface area contributed by atoms with Crippen LogP contribution in [0.5, 0.6) is 0 Å². The second-order valence-electron chi connectivity index (χ2n) is 5.52. The van der Waals surface area contributed by atoms with Crippen molar-refractivity contribution in [3.05, 3.63) is 46.9 Å². The van der Waals surface area contributed by atoms with E-state index >= 15 is 0 Å². The maximum atomic E-state index is 12.5. The predicted molar refractivity (Wildman–Crippen MR) is 86.2 cm³/mol. The number of fused-ring (bicyclic) bond motifs is 1. The highest BCUT2D eigenvalue weighted by Crippen LogP contribution is 2.31. The molecular formula is C16H14F2N4OS. The monoisotopic (exact) mass is 348 g/mol. The summed E-state index contributed by atoms with van der Waals surface area (Å²) < 4.78 is 30.0. The summed E-state index contributed by atoms with van der Waals surface area (Å²) in [7, 11) is 0. The van der Waals surface area contributed by atoms with Crippen molar-refractivity contribution in [3.63, 3.8) is 0 Å². The molecule has 0 saturated carbocycles. The largest absolute Gasteiger partial charge is 0.414 e. The van der Waals surface area contributed by atoms with Gasteiger partial charge in [-0.1, -0.05) is 18.2 Å². The molecule has 0 atom stereocenters. The highest BCUT2D eigenvalue weighted by molar-refractivity contribution is 7.15. The Kier molecular flexibility index (Phi) is 3.97. The summed E-state index contributed by atoms with van der Waals surface area (Å²) in [5.41, 5.74) is 2.58. The zero-order chi connectivity index (χ0) is 16.5. The zero-order valence-corrected chi connectivity index (χ0v) is 13.5. The lowest BCUT2D eigenvalue weighted by atomic mass is 10.0. The number of hydrogen-bond acceptors (Lipinski definition) is 6. The van der Waals surface area contributed by atoms with Crippen LogP contribution in [-0.2, 0) is 13.0 Å². The summed E-state index contributed by atoms with van der Waals surface area (Å²) >= 11 is 1.39. The third-order valence-electron chi connectivity index (χ3n) is 3.92. The van der Waals surface area contributed by atoms with Gasteiger partial charge in [0, 0.05) is 12.2 Å². The highest BCUT2D eigenvalue weighted by atomic mass is 32.1. The average molecular weight is 348 g/mol. The van der Waals surface area contributed by atoms with Crippen molar-refractivity contribution < 1.29 is 13.2 Å². The zero-order valence-electron chi connectivity index (χ0n) is 12.7. The normalized spacial score (nSPS) is 14.2. The van der Waals surface area contributed by atoms with Crippen LogP contribution < -0.4 is 4.90 Å². The van der Waals surface area contributed by atoms with Gasteiger partial charge in [0.2, 0.25) is 0 Å². The fourth-order valence-corrected chi connectivity index (χ4v) is 3.70. The molecule has 0 amide bonds. The maximum Gasteiger partial charge on any atom is 0.314 e. The molecule has 124 valence electrons. The van der Waals surface area contributed by atoms with E-state index in [1.54, 1.807) is 6.20 Å². The van der Waals surface area contributed by atoms with E-state index in [-0.39, 0.29) is 5.89 Å². The summed E-state index contributed by atoms with van der Waals surface area (Å²) in [6.07, 6.45) is 1.03. The first-order valence-electron chi connectivity index (χ1n) is 7.60. The van der Waals surface area contributed by atoms with E-state index in [1.807, 2.05) is 6.07 Å². The van der Waals surface area contributed by atoms with Crippen LogP contribution in [0.3, 0.4) is 0 Å². The lowest BCUT2D eigenvalue weighted by molar-refractivity contribution is 0.116. The van der Waals surface area contributed by atoms with Crippen LogP contribution in [0, 0.1) is 0 Å². The van der Waals surface area contributed by atoms with Gasteiger partial charge in [-0.2, -0.15) is 8.78 Å². The van der Waals surface area contributed by atoms with Gasteiger partial charge < -0.3 is 9.32 Å². The SMILES string of the molecule is FC(F)c1nnc(-c2cnc(CN3CCCc4ccccc43)s2)o1. The van der Waals surface area contributed by atoms with E-state index in [9.17, 15) is 8.78 Å². The van der Waals surface area contributed by atoms with E-state index in [2.05, 4.69) is 38.3 Å². The van der Waals surface area contributed by atoms with Crippen LogP contribution in [0.4, 0.5) is 14.5 Å². The molecule has 0 saturated heterocycles. The Hall–Kier alpha value is -2.35. The van der Waals surface area contributed by atoms with Gasteiger partial charge in [-0.3, -0.25) is 0 Å². The number of aryl methyl sites for hydroxylation is 1. The Morgan fingerprint density at radius 1 is 1.25 bits per heavy atom. The summed E-state index contributed by atoms with van der Waals surface area (Å²) in [5.74, 6) is -0.571. The van der Waals surface area contributed by atoms with Gasteiger partial charge in [-0.05, 0) is 24.5 Å². The Morgan fingerprint density at radius 3 is 2.96 bits per heavy atom. The predicted octanol–water partition coefficient (Wildman–Crippen LogP) is 4.08. The fraction of sp³-hybridized carbons (Fsp3) is 0.312. The molecule has 1 aliphatic heterocycles. The molecule has 0 spiro atoms. The Labute approximate surface area is 141 Å². The van der Waals surface area contributed by atoms with Gasteiger partial charge in [0.1, 0.15) is 9.88 Å². The number of para-hydroxylation sites is 1. The smallest absolute Gasteiger partial charge is 0.314 e. The summed E-state index contributed by atoms with van der Waals surface area (Å²) in [6.45, 7) is 1.65. The quantitative estimate of drug-likeness (QED) is 0.711. The summed E-state index contributed by atoms with van der Waals surface area (Å²) in [5, 5.41) is 7.90. The van der Waals surface area contributed by atoms with Gasteiger partial charge >= 0.3 is 6.43 Å². The lowest BCUT2D eigenvalue weighted by Crippen LogP contribution is -2.28. The second-order valence-corrected chi connectivity index (χ2v) is 6.63. The molecule has 0 bridgehead atoms. The number of hydrogen-bond donors (Lipinski definition) is 0. The fourth-order valence-electron chi connectivity index (χ4n) is 2.84. The number of benzene rings is 1. The molecule has 4 rings (SSSR count). The van der Waals surface area contributed by atoms with Gasteiger partial charge in [0.25, 0.3) is 11.8 Å². The van der Waals surface area contributed by atoms with E-state index in [0.29, 0.717) is 11.4 Å². The number of aromatic nitrogens is 3. The molecule has 1 aliphatic rings. The van der Waals surface area contributed by atoms with E-state index < -0.39 is 12.3 Å². The lowest BCUT2D eigenvalue weighted by Gasteiger charge is -2.30. The summed E-state index contributed by atoms with van der Waals surface area (Å²) in [6, 6.07) is 8.36. The van der Waals surface area contributed by atoms with Crippen molar-refractivity contribution in [1.29, 1.82) is 0 Å². The van der Waals surface area contributed by atoms with Crippen LogP contribution in [0.1, 0.15) is 29.3 Å². The molecule has 0 unspecified atom stereocenters. The molecule has 0 radical (unpaired) electrons. The first-order valence-corrected chi connectivity index (χ1v) is 8.42. The molecule has 0 aliphatic carbocycles. The van der Waals surface area contributed by atoms with Gasteiger partial charge in [0.05, 0.1) is 12.7 Å². The molecule has 1 aromatic carbocycles. The first-order chi connectivity index (χ1) is 11.7. The van der Waals surface area contributed by atoms with Crippen LogP contribution >= 0.6 is 11.3 Å². The third-order valence-corrected chi connectivity index (χ3v) is 4.89. The minimum absolute atomic E-state index is 0.0908. The first kappa shape index (κ1) is 15.2. The van der Waals surface area contributed by atoms with Gasteiger partial charge in [0.15, 0.2) is 0 Å². The molecular weight excluding hydrogens is 334 g/mol. The van der Waals surface area contributed by atoms with Crippen molar-refractivity contribution in [3.8, 4) is 10.8 Å². The van der Waals surface area contributed by atoms with E-state index in [4.69, 9.17) is 4.42 Å². The topological polar surface area (TPSA) is 55.1 Å². The Balaban J connectivity index is 1.54. The molecule has 5 nitrogen and oxygen atoms in total. The number of nitrogens with zero attached hydrogens (tertiary/aromatic N) is 4. The van der Waals surface area contributed by atoms with Crippen molar-refractivity contribution in [2.75, 3.05) is 11.4 Å². The molecule has 8 heteroatoms. The summed E-state index contributed by atoms with van der Waals surface area (Å²) in [4.78, 5) is 7.27.